The predicted molar refractivity (Wildman–Crippen MR) is 117 cm³/mol. The molecule has 0 fully saturated rings. The molecule has 0 saturated heterocycles. The van der Waals surface area contributed by atoms with E-state index in [1.165, 1.54) is 4.90 Å². The quantitative estimate of drug-likeness (QED) is 0.648. The molecule has 1 aliphatic heterocycles. The second-order valence-electron chi connectivity index (χ2n) is 7.60. The maximum Gasteiger partial charge on any atom is 0.278 e. The van der Waals surface area contributed by atoms with E-state index in [0.29, 0.717) is 11.3 Å². The Morgan fingerprint density at radius 2 is 1.67 bits per heavy atom. The van der Waals surface area contributed by atoms with E-state index in [0.717, 1.165) is 33.5 Å². The van der Waals surface area contributed by atoms with E-state index in [9.17, 15) is 9.59 Å². The molecule has 4 rings (SSSR count). The fraction of sp³-hybridized carbons (Fsp3) is 0.160. The monoisotopic (exact) mass is 397 g/mol. The van der Waals surface area contributed by atoms with Gasteiger partial charge in [-0.05, 0) is 61.2 Å². The summed E-state index contributed by atoms with van der Waals surface area (Å²) in [5, 5.41) is 3.20. The highest BCUT2D eigenvalue weighted by atomic mass is 16.2. The van der Waals surface area contributed by atoms with Gasteiger partial charge in [0, 0.05) is 18.1 Å². The van der Waals surface area contributed by atoms with Crippen LogP contribution in [-0.4, -0.2) is 21.7 Å². The minimum Gasteiger partial charge on any atom is -0.350 e. The maximum atomic E-state index is 13.4. The second kappa shape index (κ2) is 7.95. The topological polar surface area (TPSA) is 62.3 Å². The number of benzene rings is 2. The molecule has 0 radical (unpaired) electrons. The first-order valence-corrected chi connectivity index (χ1v) is 9.85. The Morgan fingerprint density at radius 1 is 0.900 bits per heavy atom. The number of pyridine rings is 1. The molecule has 30 heavy (non-hydrogen) atoms. The third-order valence-electron chi connectivity index (χ3n) is 5.35. The number of nitrogens with one attached hydrogen (secondary N) is 1. The number of carbonyl (C=O) groups excluding carboxylic acids is 2. The Hall–Kier alpha value is -3.73. The molecule has 0 unspecified atom stereocenters. The lowest BCUT2D eigenvalue weighted by Gasteiger charge is -2.15. The maximum absolute atomic E-state index is 13.4. The highest BCUT2D eigenvalue weighted by Crippen LogP contribution is 2.32. The van der Waals surface area contributed by atoms with Gasteiger partial charge in [-0.15, -0.1) is 0 Å². The molecule has 5 heteroatoms. The lowest BCUT2D eigenvalue weighted by atomic mass is 9.99. The van der Waals surface area contributed by atoms with Crippen LogP contribution in [0.2, 0.25) is 0 Å². The zero-order valence-electron chi connectivity index (χ0n) is 17.3. The summed E-state index contributed by atoms with van der Waals surface area (Å²) in [6.45, 7) is 6.21. The van der Waals surface area contributed by atoms with Gasteiger partial charge in [-0.3, -0.25) is 19.5 Å². The molecule has 2 aromatic carbocycles. The molecule has 0 saturated carbocycles. The van der Waals surface area contributed by atoms with Crippen molar-refractivity contribution in [3.05, 3.63) is 101 Å². The van der Waals surface area contributed by atoms with Gasteiger partial charge in [0.1, 0.15) is 5.70 Å². The average molecular weight is 397 g/mol. The SMILES string of the molecule is Cc1ccc(NC2=C(c3ccc(C)c(C)c3)C(=O)N(Cc3cccnc3)C2=O)cc1. The van der Waals surface area contributed by atoms with Crippen molar-refractivity contribution in [2.24, 2.45) is 0 Å². The second-order valence-corrected chi connectivity index (χ2v) is 7.60. The van der Waals surface area contributed by atoms with Crippen LogP contribution in [0.1, 0.15) is 27.8 Å². The van der Waals surface area contributed by atoms with Crippen LogP contribution in [0.3, 0.4) is 0 Å². The Labute approximate surface area is 176 Å². The van der Waals surface area contributed by atoms with Crippen LogP contribution >= 0.6 is 0 Å². The summed E-state index contributed by atoms with van der Waals surface area (Å²) in [7, 11) is 0. The van der Waals surface area contributed by atoms with Gasteiger partial charge in [-0.2, -0.15) is 0 Å². The Balaban J connectivity index is 1.76. The zero-order chi connectivity index (χ0) is 21.3. The van der Waals surface area contributed by atoms with Crippen LogP contribution in [0.15, 0.2) is 72.7 Å². The molecule has 0 atom stereocenters. The lowest BCUT2D eigenvalue weighted by molar-refractivity contribution is -0.137. The normalized spacial score (nSPS) is 13.9. The van der Waals surface area contributed by atoms with E-state index in [1.807, 2.05) is 69.3 Å². The largest absolute Gasteiger partial charge is 0.350 e. The van der Waals surface area contributed by atoms with Crippen LogP contribution < -0.4 is 5.32 Å². The van der Waals surface area contributed by atoms with Gasteiger partial charge in [-0.25, -0.2) is 0 Å². The molecular formula is C25H23N3O2. The van der Waals surface area contributed by atoms with Crippen molar-refractivity contribution >= 4 is 23.1 Å². The molecule has 1 aliphatic rings. The van der Waals surface area contributed by atoms with E-state index >= 15 is 0 Å². The molecule has 5 nitrogen and oxygen atoms in total. The summed E-state index contributed by atoms with van der Waals surface area (Å²) in [6.07, 6.45) is 3.34. The van der Waals surface area contributed by atoms with Gasteiger partial charge < -0.3 is 5.32 Å². The molecular weight excluding hydrogens is 374 g/mol. The number of nitrogens with zero attached hydrogens (tertiary/aromatic N) is 2. The van der Waals surface area contributed by atoms with Gasteiger partial charge in [0.25, 0.3) is 11.8 Å². The van der Waals surface area contributed by atoms with Crippen molar-refractivity contribution in [2.75, 3.05) is 5.32 Å². The van der Waals surface area contributed by atoms with Gasteiger partial charge in [0.05, 0.1) is 12.1 Å². The number of rotatable bonds is 5. The minimum atomic E-state index is -0.336. The highest BCUT2D eigenvalue weighted by Gasteiger charge is 2.39. The smallest absolute Gasteiger partial charge is 0.278 e. The number of aryl methyl sites for hydroxylation is 3. The van der Waals surface area contributed by atoms with Gasteiger partial charge in [0.15, 0.2) is 0 Å². The van der Waals surface area contributed by atoms with E-state index in [4.69, 9.17) is 0 Å². The molecule has 2 heterocycles. The molecule has 0 aliphatic carbocycles. The van der Waals surface area contributed by atoms with Gasteiger partial charge in [-0.1, -0.05) is 42.0 Å². The van der Waals surface area contributed by atoms with E-state index in [-0.39, 0.29) is 18.4 Å². The molecule has 0 bridgehead atoms. The molecule has 1 aromatic heterocycles. The highest BCUT2D eigenvalue weighted by molar-refractivity contribution is 6.36. The Kier molecular flexibility index (Phi) is 5.19. The average Bonchev–Trinajstić information content (AvgIpc) is 2.97. The van der Waals surface area contributed by atoms with Crippen LogP contribution in [-0.2, 0) is 16.1 Å². The summed E-state index contributed by atoms with van der Waals surface area (Å²) in [5.41, 5.74) is 6.33. The minimum absolute atomic E-state index is 0.179. The van der Waals surface area contributed by atoms with Crippen molar-refractivity contribution in [3.63, 3.8) is 0 Å². The number of hydrogen-bond acceptors (Lipinski definition) is 4. The molecule has 1 N–H and O–H groups in total. The number of hydrogen-bond donors (Lipinski definition) is 1. The summed E-state index contributed by atoms with van der Waals surface area (Å²) < 4.78 is 0. The predicted octanol–water partition coefficient (Wildman–Crippen LogP) is 4.40. The van der Waals surface area contributed by atoms with Crippen LogP contribution in [0.4, 0.5) is 5.69 Å². The van der Waals surface area contributed by atoms with Crippen LogP contribution in [0, 0.1) is 20.8 Å². The van der Waals surface area contributed by atoms with Crippen molar-refractivity contribution in [3.8, 4) is 0 Å². The fourth-order valence-electron chi connectivity index (χ4n) is 3.46. The first kappa shape index (κ1) is 19.6. The third kappa shape index (κ3) is 3.74. The Morgan fingerprint density at radius 3 is 2.33 bits per heavy atom. The summed E-state index contributed by atoms with van der Waals surface area (Å²) >= 11 is 0. The number of imide groups is 1. The van der Waals surface area contributed by atoms with Crippen LogP contribution in [0.5, 0.6) is 0 Å². The summed E-state index contributed by atoms with van der Waals surface area (Å²) in [6, 6.07) is 17.2. The van der Waals surface area contributed by atoms with E-state index in [2.05, 4.69) is 10.3 Å². The van der Waals surface area contributed by atoms with E-state index < -0.39 is 0 Å². The van der Waals surface area contributed by atoms with E-state index in [1.54, 1.807) is 18.5 Å². The fourth-order valence-corrected chi connectivity index (χ4v) is 3.46. The first-order chi connectivity index (χ1) is 14.4. The Bertz CT molecular complexity index is 1150. The van der Waals surface area contributed by atoms with Crippen molar-refractivity contribution in [1.82, 2.24) is 9.88 Å². The first-order valence-electron chi connectivity index (χ1n) is 9.85. The standard InChI is InChI=1S/C25H23N3O2/c1-16-6-10-21(11-7-16)27-23-22(20-9-8-17(2)18(3)13-20)24(29)28(25(23)30)15-19-5-4-12-26-14-19/h4-14,27H,15H2,1-3H3. The number of amides is 2. The number of anilines is 1. The molecule has 2 amide bonds. The van der Waals surface area contributed by atoms with Crippen molar-refractivity contribution in [2.45, 2.75) is 27.3 Å². The van der Waals surface area contributed by atoms with Crippen molar-refractivity contribution in [1.29, 1.82) is 0 Å². The van der Waals surface area contributed by atoms with Gasteiger partial charge >= 0.3 is 0 Å². The molecule has 0 spiro atoms. The lowest BCUT2D eigenvalue weighted by Crippen LogP contribution is -2.32. The third-order valence-corrected chi connectivity index (χ3v) is 5.35. The summed E-state index contributed by atoms with van der Waals surface area (Å²) in [4.78, 5) is 32.0. The molecule has 150 valence electrons. The summed E-state index contributed by atoms with van der Waals surface area (Å²) in [5.74, 6) is -0.639. The zero-order valence-corrected chi connectivity index (χ0v) is 17.3. The number of carbonyl (C=O) groups is 2. The van der Waals surface area contributed by atoms with Gasteiger partial charge in [0.2, 0.25) is 0 Å². The van der Waals surface area contributed by atoms with Crippen molar-refractivity contribution < 1.29 is 9.59 Å². The number of aromatic nitrogens is 1. The molecule has 3 aromatic rings. The van der Waals surface area contributed by atoms with Crippen LogP contribution in [0.25, 0.3) is 5.57 Å².